The van der Waals surface area contributed by atoms with E-state index in [2.05, 4.69) is 60.4 Å². The zero-order valence-corrected chi connectivity index (χ0v) is 14.5. The Morgan fingerprint density at radius 1 is 1.12 bits per heavy atom. The molecule has 0 amide bonds. The maximum Gasteiger partial charge on any atom is 0.0994 e. The van der Waals surface area contributed by atoms with E-state index in [-0.39, 0.29) is 0 Å². The second kappa shape index (κ2) is 6.84. The molecule has 2 unspecified atom stereocenters. The SMILES string of the molecule is Cc1c(C#N)cccc1C1=CC2COCC(C1)N2Cc1ccccc1. The number of ether oxygens (including phenoxy) is 1. The van der Waals surface area contributed by atoms with Crippen LogP contribution >= 0.6 is 0 Å². The maximum absolute atomic E-state index is 9.31. The monoisotopic (exact) mass is 330 g/mol. The first-order valence-electron chi connectivity index (χ1n) is 8.84. The zero-order chi connectivity index (χ0) is 17.2. The van der Waals surface area contributed by atoms with Crippen molar-refractivity contribution in [2.75, 3.05) is 13.2 Å². The van der Waals surface area contributed by atoms with Crippen LogP contribution in [0.1, 0.15) is 28.7 Å². The van der Waals surface area contributed by atoms with E-state index < -0.39 is 0 Å². The molecule has 0 saturated carbocycles. The van der Waals surface area contributed by atoms with E-state index in [1.807, 2.05) is 12.1 Å². The van der Waals surface area contributed by atoms with Crippen molar-refractivity contribution < 1.29 is 4.74 Å². The molecule has 3 nitrogen and oxygen atoms in total. The van der Waals surface area contributed by atoms with Gasteiger partial charge < -0.3 is 4.74 Å². The van der Waals surface area contributed by atoms with Gasteiger partial charge in [-0.05, 0) is 41.7 Å². The van der Waals surface area contributed by atoms with Gasteiger partial charge in [-0.25, -0.2) is 0 Å². The molecule has 126 valence electrons. The highest BCUT2D eigenvalue weighted by Crippen LogP contribution is 2.35. The van der Waals surface area contributed by atoms with Crippen LogP contribution in [0, 0.1) is 18.3 Å². The lowest BCUT2D eigenvalue weighted by molar-refractivity contribution is -0.0402. The van der Waals surface area contributed by atoms with Crippen LogP contribution in [0.2, 0.25) is 0 Å². The molecule has 2 heterocycles. The lowest BCUT2D eigenvalue weighted by Crippen LogP contribution is -2.53. The van der Waals surface area contributed by atoms with Gasteiger partial charge in [0, 0.05) is 12.6 Å². The summed E-state index contributed by atoms with van der Waals surface area (Å²) < 4.78 is 5.83. The van der Waals surface area contributed by atoms with Crippen molar-refractivity contribution in [3.05, 3.63) is 76.9 Å². The van der Waals surface area contributed by atoms with Gasteiger partial charge in [-0.3, -0.25) is 4.90 Å². The normalized spacial score (nSPS) is 23.0. The number of hydrogen-bond donors (Lipinski definition) is 0. The summed E-state index contributed by atoms with van der Waals surface area (Å²) in [6.45, 7) is 4.53. The van der Waals surface area contributed by atoms with Crippen molar-refractivity contribution >= 4 is 5.57 Å². The Kier molecular flexibility index (Phi) is 4.40. The third kappa shape index (κ3) is 3.11. The number of rotatable bonds is 3. The van der Waals surface area contributed by atoms with Gasteiger partial charge in [0.05, 0.1) is 30.9 Å². The molecular weight excluding hydrogens is 308 g/mol. The quantitative estimate of drug-likeness (QED) is 0.856. The second-order valence-electron chi connectivity index (χ2n) is 6.90. The molecule has 2 aromatic rings. The minimum atomic E-state index is 0.299. The van der Waals surface area contributed by atoms with E-state index in [1.165, 1.54) is 16.7 Å². The van der Waals surface area contributed by atoms with Crippen LogP contribution in [0.4, 0.5) is 0 Å². The molecule has 1 fully saturated rings. The Bertz CT molecular complexity index is 835. The smallest absolute Gasteiger partial charge is 0.0994 e. The molecule has 3 heteroatoms. The van der Waals surface area contributed by atoms with Gasteiger partial charge in [-0.15, -0.1) is 0 Å². The Morgan fingerprint density at radius 2 is 1.96 bits per heavy atom. The Balaban J connectivity index is 1.65. The first kappa shape index (κ1) is 16.1. The molecule has 4 rings (SSSR count). The summed E-state index contributed by atoms with van der Waals surface area (Å²) in [4.78, 5) is 2.56. The van der Waals surface area contributed by atoms with Crippen LogP contribution in [-0.2, 0) is 11.3 Å². The molecule has 0 spiro atoms. The molecule has 2 atom stereocenters. The van der Waals surface area contributed by atoms with E-state index >= 15 is 0 Å². The molecule has 2 aliphatic heterocycles. The minimum Gasteiger partial charge on any atom is -0.378 e. The molecule has 1 saturated heterocycles. The van der Waals surface area contributed by atoms with E-state index in [4.69, 9.17) is 4.74 Å². The van der Waals surface area contributed by atoms with Crippen LogP contribution in [-0.4, -0.2) is 30.2 Å². The van der Waals surface area contributed by atoms with Crippen LogP contribution in [0.5, 0.6) is 0 Å². The number of nitrogens with zero attached hydrogens (tertiary/aromatic N) is 2. The third-order valence-electron chi connectivity index (χ3n) is 5.35. The number of hydrogen-bond acceptors (Lipinski definition) is 3. The van der Waals surface area contributed by atoms with Gasteiger partial charge in [0.25, 0.3) is 0 Å². The van der Waals surface area contributed by atoms with Gasteiger partial charge in [0.15, 0.2) is 0 Å². The van der Waals surface area contributed by atoms with Crippen molar-refractivity contribution in [2.45, 2.75) is 32.0 Å². The molecule has 0 aromatic heterocycles. The number of morpholine rings is 1. The summed E-state index contributed by atoms with van der Waals surface area (Å²) in [6.07, 6.45) is 3.32. The van der Waals surface area contributed by atoms with Gasteiger partial charge in [0.1, 0.15) is 0 Å². The summed E-state index contributed by atoms with van der Waals surface area (Å²) in [5.74, 6) is 0. The highest BCUT2D eigenvalue weighted by molar-refractivity contribution is 5.72. The van der Waals surface area contributed by atoms with Crippen molar-refractivity contribution in [1.29, 1.82) is 5.26 Å². The topological polar surface area (TPSA) is 36.3 Å². The average molecular weight is 330 g/mol. The van der Waals surface area contributed by atoms with E-state index in [1.54, 1.807) is 0 Å². The largest absolute Gasteiger partial charge is 0.378 e. The summed E-state index contributed by atoms with van der Waals surface area (Å²) in [6, 6.07) is 19.7. The van der Waals surface area contributed by atoms with Crippen molar-refractivity contribution in [3.8, 4) is 6.07 Å². The molecule has 2 aliphatic rings. The predicted molar refractivity (Wildman–Crippen MR) is 98.9 cm³/mol. The summed E-state index contributed by atoms with van der Waals surface area (Å²) in [7, 11) is 0. The van der Waals surface area contributed by atoms with Gasteiger partial charge >= 0.3 is 0 Å². The number of fused-ring (bicyclic) bond motifs is 2. The highest BCUT2D eigenvalue weighted by atomic mass is 16.5. The van der Waals surface area contributed by atoms with Crippen LogP contribution in [0.3, 0.4) is 0 Å². The maximum atomic E-state index is 9.31. The average Bonchev–Trinajstić information content (AvgIpc) is 2.63. The van der Waals surface area contributed by atoms with Crippen molar-refractivity contribution in [3.63, 3.8) is 0 Å². The first-order valence-corrected chi connectivity index (χ1v) is 8.84. The lowest BCUT2D eigenvalue weighted by Gasteiger charge is -2.45. The van der Waals surface area contributed by atoms with Crippen LogP contribution < -0.4 is 0 Å². The number of nitriles is 1. The zero-order valence-electron chi connectivity index (χ0n) is 14.5. The van der Waals surface area contributed by atoms with Crippen LogP contribution in [0.25, 0.3) is 5.57 Å². The minimum absolute atomic E-state index is 0.299. The van der Waals surface area contributed by atoms with E-state index in [0.717, 1.165) is 37.3 Å². The Labute approximate surface area is 149 Å². The third-order valence-corrected chi connectivity index (χ3v) is 5.35. The van der Waals surface area contributed by atoms with E-state index in [9.17, 15) is 5.26 Å². The Hall–Kier alpha value is -2.41. The highest BCUT2D eigenvalue weighted by Gasteiger charge is 2.35. The summed E-state index contributed by atoms with van der Waals surface area (Å²) >= 11 is 0. The molecule has 0 radical (unpaired) electrons. The molecule has 25 heavy (non-hydrogen) atoms. The predicted octanol–water partition coefficient (Wildman–Crippen LogP) is 3.92. The van der Waals surface area contributed by atoms with Gasteiger partial charge in [-0.2, -0.15) is 5.26 Å². The van der Waals surface area contributed by atoms with Crippen molar-refractivity contribution in [1.82, 2.24) is 4.90 Å². The molecular formula is C22H22N2O. The number of benzene rings is 2. The standard InChI is InChI=1S/C22H22N2O/c1-16-18(12-23)8-5-9-22(16)19-10-20-14-25-15-21(11-19)24(20)13-17-6-3-2-4-7-17/h2-10,20-21H,11,13-15H2,1H3. The van der Waals surface area contributed by atoms with Gasteiger partial charge in [-0.1, -0.05) is 48.5 Å². The summed E-state index contributed by atoms with van der Waals surface area (Å²) in [5, 5.41) is 9.31. The van der Waals surface area contributed by atoms with E-state index in [0.29, 0.717) is 12.1 Å². The summed E-state index contributed by atoms with van der Waals surface area (Å²) in [5.41, 5.74) is 5.78. The molecule has 0 aliphatic carbocycles. The fourth-order valence-corrected chi connectivity index (χ4v) is 4.01. The second-order valence-corrected chi connectivity index (χ2v) is 6.90. The fraction of sp³-hybridized carbons (Fsp3) is 0.318. The lowest BCUT2D eigenvalue weighted by atomic mass is 9.86. The fourth-order valence-electron chi connectivity index (χ4n) is 4.01. The molecule has 2 aromatic carbocycles. The Morgan fingerprint density at radius 3 is 2.72 bits per heavy atom. The first-order chi connectivity index (χ1) is 12.3. The molecule has 0 N–H and O–H groups in total. The van der Waals surface area contributed by atoms with Crippen molar-refractivity contribution in [2.24, 2.45) is 0 Å². The van der Waals surface area contributed by atoms with Crippen LogP contribution in [0.15, 0.2) is 54.6 Å². The molecule has 2 bridgehead atoms. The van der Waals surface area contributed by atoms with Gasteiger partial charge in [0.2, 0.25) is 0 Å².